The average molecular weight is 233 g/mol. The molecule has 17 heavy (non-hydrogen) atoms. The van der Waals surface area contributed by atoms with Crippen LogP contribution in [0.1, 0.15) is 39.4 Å². The van der Waals surface area contributed by atoms with E-state index in [9.17, 15) is 0 Å². The molecule has 0 aromatic carbocycles. The molecule has 2 rings (SSSR count). The van der Waals surface area contributed by atoms with Crippen LogP contribution in [0.2, 0.25) is 0 Å². The summed E-state index contributed by atoms with van der Waals surface area (Å²) in [5.41, 5.74) is 0.875. The van der Waals surface area contributed by atoms with Crippen LogP contribution in [0.15, 0.2) is 6.33 Å². The van der Waals surface area contributed by atoms with Gasteiger partial charge in [0, 0.05) is 19.0 Å². The molecule has 92 valence electrons. The molecule has 0 saturated heterocycles. The SMILES string of the molecule is CCNc1ncn(CC)c2nc(C(C)C)nc1-2. The fraction of sp³-hybridized carbons (Fsp3) is 0.583. The van der Waals surface area contributed by atoms with E-state index in [1.165, 1.54) is 0 Å². The van der Waals surface area contributed by atoms with Crippen molar-refractivity contribution in [3.8, 4) is 11.5 Å². The monoisotopic (exact) mass is 233 g/mol. The van der Waals surface area contributed by atoms with Gasteiger partial charge in [-0.3, -0.25) is 0 Å². The minimum atomic E-state index is 0.335. The number of rotatable bonds is 4. The van der Waals surface area contributed by atoms with E-state index in [0.717, 1.165) is 36.3 Å². The van der Waals surface area contributed by atoms with Crippen LogP contribution >= 0.6 is 0 Å². The summed E-state index contributed by atoms with van der Waals surface area (Å²) < 4.78 is 2.02. The molecule has 0 fully saturated rings. The molecule has 0 spiro atoms. The Morgan fingerprint density at radius 3 is 2.65 bits per heavy atom. The van der Waals surface area contributed by atoms with E-state index in [2.05, 4.69) is 41.0 Å². The first-order valence-electron chi connectivity index (χ1n) is 6.14. The van der Waals surface area contributed by atoms with Crippen molar-refractivity contribution >= 4 is 5.82 Å². The Morgan fingerprint density at radius 1 is 1.29 bits per heavy atom. The predicted octanol–water partition coefficient (Wildman–Crippen LogP) is 2.35. The molecule has 0 saturated carbocycles. The summed E-state index contributed by atoms with van der Waals surface area (Å²) in [6.07, 6.45) is 1.82. The van der Waals surface area contributed by atoms with Gasteiger partial charge in [0.05, 0.1) is 6.33 Å². The number of hydrogen-bond acceptors (Lipinski definition) is 4. The lowest BCUT2D eigenvalue weighted by molar-refractivity contribution is 0.725. The van der Waals surface area contributed by atoms with Gasteiger partial charge in [0.25, 0.3) is 0 Å². The lowest BCUT2D eigenvalue weighted by Crippen LogP contribution is -2.08. The molecule has 5 heteroatoms. The second kappa shape index (κ2) is 4.69. The van der Waals surface area contributed by atoms with Crippen molar-refractivity contribution in [2.45, 2.75) is 40.2 Å². The van der Waals surface area contributed by atoms with Crippen LogP contribution in [0, 0.1) is 0 Å². The number of anilines is 1. The zero-order chi connectivity index (χ0) is 12.4. The summed E-state index contributed by atoms with van der Waals surface area (Å²) in [5, 5.41) is 3.23. The molecule has 5 nitrogen and oxygen atoms in total. The van der Waals surface area contributed by atoms with Gasteiger partial charge < -0.3 is 9.88 Å². The Bertz CT molecular complexity index is 474. The molecule has 0 aromatic heterocycles. The van der Waals surface area contributed by atoms with Crippen LogP contribution in [0.5, 0.6) is 0 Å². The highest BCUT2D eigenvalue weighted by Gasteiger charge is 2.20. The molecule has 1 N–H and O–H groups in total. The molecule has 2 heterocycles. The molecule has 0 amide bonds. The van der Waals surface area contributed by atoms with Gasteiger partial charge in [0.1, 0.15) is 5.82 Å². The van der Waals surface area contributed by atoms with Crippen molar-refractivity contribution in [2.24, 2.45) is 0 Å². The van der Waals surface area contributed by atoms with Gasteiger partial charge in [-0.05, 0) is 13.8 Å². The van der Waals surface area contributed by atoms with Crippen molar-refractivity contribution in [3.05, 3.63) is 12.2 Å². The second-order valence-electron chi connectivity index (χ2n) is 4.32. The highest BCUT2D eigenvalue weighted by molar-refractivity contribution is 5.67. The summed E-state index contributed by atoms with van der Waals surface area (Å²) in [5.74, 6) is 2.96. The number of fused-ring (bicyclic) bond motifs is 1. The number of hydrogen-bond donors (Lipinski definition) is 1. The number of imidazole rings is 1. The molecule has 0 aromatic rings. The summed E-state index contributed by atoms with van der Waals surface area (Å²) in [4.78, 5) is 13.6. The quantitative estimate of drug-likeness (QED) is 0.880. The molecule has 0 bridgehead atoms. The van der Waals surface area contributed by atoms with E-state index < -0.39 is 0 Å². The number of aromatic nitrogens is 4. The van der Waals surface area contributed by atoms with Crippen molar-refractivity contribution in [2.75, 3.05) is 11.9 Å². The maximum absolute atomic E-state index is 4.60. The molecule has 0 radical (unpaired) electrons. The zero-order valence-corrected chi connectivity index (χ0v) is 10.9. The van der Waals surface area contributed by atoms with Crippen LogP contribution < -0.4 is 5.32 Å². The minimum absolute atomic E-state index is 0.335. The normalized spacial score (nSPS) is 11.4. The minimum Gasteiger partial charge on any atom is -0.368 e. The fourth-order valence-corrected chi connectivity index (χ4v) is 1.74. The highest BCUT2D eigenvalue weighted by Crippen LogP contribution is 2.27. The molecule has 0 atom stereocenters. The second-order valence-corrected chi connectivity index (χ2v) is 4.32. The first-order valence-corrected chi connectivity index (χ1v) is 6.14. The Balaban J connectivity index is 2.57. The molecule has 0 unspecified atom stereocenters. The molecular formula is C12H19N5. The van der Waals surface area contributed by atoms with E-state index in [1.54, 1.807) is 0 Å². The van der Waals surface area contributed by atoms with Gasteiger partial charge in [-0.1, -0.05) is 13.8 Å². The summed E-state index contributed by atoms with van der Waals surface area (Å²) in [6, 6.07) is 0. The van der Waals surface area contributed by atoms with Gasteiger partial charge in [-0.2, -0.15) is 0 Å². The topological polar surface area (TPSA) is 55.6 Å². The van der Waals surface area contributed by atoms with Crippen molar-refractivity contribution in [1.29, 1.82) is 0 Å². The van der Waals surface area contributed by atoms with E-state index in [0.29, 0.717) is 5.92 Å². The van der Waals surface area contributed by atoms with Gasteiger partial charge >= 0.3 is 0 Å². The van der Waals surface area contributed by atoms with Gasteiger partial charge in [0.15, 0.2) is 17.3 Å². The van der Waals surface area contributed by atoms with Gasteiger partial charge in [-0.25, -0.2) is 15.0 Å². The summed E-state index contributed by atoms with van der Waals surface area (Å²) in [7, 11) is 0. The smallest absolute Gasteiger partial charge is 0.165 e. The molecule has 0 aliphatic carbocycles. The lowest BCUT2D eigenvalue weighted by Gasteiger charge is -2.11. The summed E-state index contributed by atoms with van der Waals surface area (Å²) in [6.45, 7) is 10.0. The van der Waals surface area contributed by atoms with Crippen LogP contribution in [0.3, 0.4) is 0 Å². The van der Waals surface area contributed by atoms with Gasteiger partial charge in [-0.15, -0.1) is 0 Å². The Labute approximate surface area is 102 Å². The average Bonchev–Trinajstić information content (AvgIpc) is 2.75. The number of nitrogens with one attached hydrogen (secondary N) is 1. The van der Waals surface area contributed by atoms with Crippen LogP contribution in [0.25, 0.3) is 11.5 Å². The van der Waals surface area contributed by atoms with E-state index in [1.807, 2.05) is 17.8 Å². The van der Waals surface area contributed by atoms with Gasteiger partial charge in [0.2, 0.25) is 0 Å². The molecule has 2 aliphatic heterocycles. The van der Waals surface area contributed by atoms with E-state index in [-0.39, 0.29) is 0 Å². The predicted molar refractivity (Wildman–Crippen MR) is 68.4 cm³/mol. The summed E-state index contributed by atoms with van der Waals surface area (Å²) >= 11 is 0. The standard InChI is InChI=1S/C12H19N5/c1-5-13-11-9-12(17(6-2)7-14-11)16-10(15-9)8(3)4/h7-8,13H,5-6H2,1-4H3. The Kier molecular flexibility index (Phi) is 3.26. The zero-order valence-electron chi connectivity index (χ0n) is 10.9. The van der Waals surface area contributed by atoms with Crippen molar-refractivity contribution in [1.82, 2.24) is 19.5 Å². The third-order valence-electron chi connectivity index (χ3n) is 2.68. The van der Waals surface area contributed by atoms with Crippen LogP contribution in [-0.2, 0) is 6.54 Å². The molecular weight excluding hydrogens is 214 g/mol. The largest absolute Gasteiger partial charge is 0.368 e. The maximum atomic E-state index is 4.60. The van der Waals surface area contributed by atoms with Crippen molar-refractivity contribution in [3.63, 3.8) is 0 Å². The molecule has 2 aliphatic rings. The van der Waals surface area contributed by atoms with E-state index >= 15 is 0 Å². The maximum Gasteiger partial charge on any atom is 0.165 e. The van der Waals surface area contributed by atoms with Crippen LogP contribution in [0.4, 0.5) is 5.82 Å². The fourth-order valence-electron chi connectivity index (χ4n) is 1.74. The Hall–Kier alpha value is -1.65. The lowest BCUT2D eigenvalue weighted by atomic mass is 10.2. The van der Waals surface area contributed by atoms with Crippen LogP contribution in [-0.4, -0.2) is 26.1 Å². The van der Waals surface area contributed by atoms with E-state index in [4.69, 9.17) is 0 Å². The third-order valence-corrected chi connectivity index (χ3v) is 2.68. The Morgan fingerprint density at radius 2 is 2.06 bits per heavy atom. The number of aryl methyl sites for hydroxylation is 1. The first-order chi connectivity index (χ1) is 8.17. The third kappa shape index (κ3) is 2.09. The van der Waals surface area contributed by atoms with Crippen molar-refractivity contribution < 1.29 is 0 Å². The first kappa shape index (κ1) is 11.8. The highest BCUT2D eigenvalue weighted by atomic mass is 15.2. The number of nitrogens with zero attached hydrogens (tertiary/aromatic N) is 4.